The number of amides is 2. The van der Waals surface area contributed by atoms with Crippen molar-refractivity contribution in [1.29, 1.82) is 0 Å². The first kappa shape index (κ1) is 30.9. The number of nitrogens with zero attached hydrogens (tertiary/aromatic N) is 1. The molecule has 222 valence electrons. The summed E-state index contributed by atoms with van der Waals surface area (Å²) in [5.41, 5.74) is 4.96. The predicted octanol–water partition coefficient (Wildman–Crippen LogP) is 5.16. The molecule has 41 heavy (non-hydrogen) atoms. The molecule has 2 aromatic carbocycles. The molecule has 3 atom stereocenters. The minimum absolute atomic E-state index is 0.00539. The zero-order chi connectivity index (χ0) is 29.0. The maximum atomic E-state index is 12.5. The molecule has 2 aromatic rings. The number of nitrogens with one attached hydrogen (secondary N) is 2. The molecule has 1 saturated carbocycles. The highest BCUT2D eigenvalue weighted by Gasteiger charge is 2.34. The van der Waals surface area contributed by atoms with E-state index in [-0.39, 0.29) is 37.6 Å². The van der Waals surface area contributed by atoms with Crippen molar-refractivity contribution < 1.29 is 29.4 Å². The van der Waals surface area contributed by atoms with E-state index in [2.05, 4.69) is 16.8 Å². The summed E-state index contributed by atoms with van der Waals surface area (Å²) >= 11 is 0. The first-order valence-corrected chi connectivity index (χ1v) is 14.7. The first-order chi connectivity index (χ1) is 20.0. The molecule has 1 saturated heterocycles. The van der Waals surface area contributed by atoms with Gasteiger partial charge in [-0.05, 0) is 48.9 Å². The molecule has 2 aliphatic rings. The third-order valence-electron chi connectivity index (χ3n) is 7.88. The Hall–Kier alpha value is -3.08. The summed E-state index contributed by atoms with van der Waals surface area (Å²) in [7, 11) is 0. The van der Waals surface area contributed by atoms with Gasteiger partial charge in [-0.2, -0.15) is 0 Å². The largest absolute Gasteiger partial charge is 0.392 e. The first-order valence-electron chi connectivity index (χ1n) is 14.7. The molecule has 0 bridgehead atoms. The van der Waals surface area contributed by atoms with Crippen LogP contribution in [0.15, 0.2) is 61.2 Å². The average molecular weight is 566 g/mol. The molecule has 4 N–H and O–H groups in total. The lowest BCUT2D eigenvalue weighted by Crippen LogP contribution is -2.43. The molecule has 0 spiro atoms. The van der Waals surface area contributed by atoms with Gasteiger partial charge in [0.15, 0.2) is 6.29 Å². The predicted molar refractivity (Wildman–Crippen MR) is 156 cm³/mol. The van der Waals surface area contributed by atoms with E-state index in [1.807, 2.05) is 54.6 Å². The monoisotopic (exact) mass is 565 g/mol. The normalized spacial score (nSPS) is 21.1. The van der Waals surface area contributed by atoms with E-state index >= 15 is 0 Å². The fourth-order valence-electron chi connectivity index (χ4n) is 5.72. The van der Waals surface area contributed by atoms with Gasteiger partial charge in [-0.25, -0.2) is 5.48 Å². The van der Waals surface area contributed by atoms with Gasteiger partial charge < -0.3 is 19.9 Å². The number of aliphatic hydroxyl groups excluding tert-OH is 1. The molecule has 9 heteroatoms. The number of benzene rings is 2. The van der Waals surface area contributed by atoms with Gasteiger partial charge in [-0.1, -0.05) is 55.3 Å². The van der Waals surface area contributed by atoms with Gasteiger partial charge in [-0.15, -0.1) is 6.58 Å². The van der Waals surface area contributed by atoms with Crippen LogP contribution in [0.4, 0.5) is 5.69 Å². The number of aliphatic hydroxyl groups is 1. The number of carbonyl (C=O) groups excluding carboxylic acids is 2. The fourth-order valence-corrected chi connectivity index (χ4v) is 5.72. The number of hydrogen-bond acceptors (Lipinski definition) is 7. The van der Waals surface area contributed by atoms with Crippen LogP contribution in [0.25, 0.3) is 0 Å². The third-order valence-corrected chi connectivity index (χ3v) is 7.88. The Morgan fingerprint density at radius 3 is 2.41 bits per heavy atom. The Balaban J connectivity index is 1.46. The van der Waals surface area contributed by atoms with Crippen LogP contribution in [0.1, 0.15) is 86.9 Å². The molecule has 0 unspecified atom stereocenters. The zero-order valence-corrected chi connectivity index (χ0v) is 23.7. The number of hydroxylamine groups is 1. The molecular weight excluding hydrogens is 522 g/mol. The van der Waals surface area contributed by atoms with E-state index in [0.29, 0.717) is 31.0 Å². The quantitative estimate of drug-likeness (QED) is 0.108. The van der Waals surface area contributed by atoms with Gasteiger partial charge in [0.25, 0.3) is 0 Å². The molecule has 1 heterocycles. The third kappa shape index (κ3) is 9.21. The number of hydrogen-bond donors (Lipinski definition) is 4. The van der Waals surface area contributed by atoms with Crippen molar-refractivity contribution in [1.82, 2.24) is 10.4 Å². The highest BCUT2D eigenvalue weighted by Crippen LogP contribution is 2.39. The molecule has 4 rings (SSSR count). The van der Waals surface area contributed by atoms with Crippen molar-refractivity contribution in [2.45, 2.75) is 88.9 Å². The van der Waals surface area contributed by atoms with Crippen molar-refractivity contribution in [3.63, 3.8) is 0 Å². The van der Waals surface area contributed by atoms with Crippen LogP contribution in [0, 0.1) is 0 Å². The van der Waals surface area contributed by atoms with Crippen LogP contribution < -0.4 is 10.8 Å². The van der Waals surface area contributed by atoms with E-state index in [1.54, 1.807) is 5.48 Å². The number of ether oxygens (including phenoxy) is 2. The van der Waals surface area contributed by atoms with Crippen molar-refractivity contribution in [2.75, 3.05) is 18.4 Å². The van der Waals surface area contributed by atoms with Gasteiger partial charge in [-0.3, -0.25) is 19.7 Å². The van der Waals surface area contributed by atoms with Gasteiger partial charge in [0.1, 0.15) is 0 Å². The van der Waals surface area contributed by atoms with Crippen LogP contribution >= 0.6 is 0 Å². The second-order valence-electron chi connectivity index (χ2n) is 10.9. The lowest BCUT2D eigenvalue weighted by molar-refractivity contribution is -0.253. The lowest BCUT2D eigenvalue weighted by atomic mass is 9.99. The summed E-state index contributed by atoms with van der Waals surface area (Å²) in [5.74, 6) is -0.601. The summed E-state index contributed by atoms with van der Waals surface area (Å²) in [5, 5.41) is 21.0. The highest BCUT2D eigenvalue weighted by atomic mass is 16.7. The SMILES string of the molecule is C=CCN(C[C@H]1C[C@@H](c2ccc(CO)cc2)O[C@@H](c2cccc(NC(=O)CCCCC(=O)NO)c2)O1)C1CCCC1. The van der Waals surface area contributed by atoms with Crippen molar-refractivity contribution in [3.8, 4) is 0 Å². The number of rotatable bonds is 14. The summed E-state index contributed by atoms with van der Waals surface area (Å²) in [6.07, 6.45) is 8.21. The molecule has 1 aliphatic heterocycles. The van der Waals surface area contributed by atoms with Crippen LogP contribution in [0.5, 0.6) is 0 Å². The van der Waals surface area contributed by atoms with Gasteiger partial charge in [0.2, 0.25) is 11.8 Å². The van der Waals surface area contributed by atoms with Gasteiger partial charge in [0.05, 0.1) is 18.8 Å². The van der Waals surface area contributed by atoms with Gasteiger partial charge in [0, 0.05) is 49.6 Å². The van der Waals surface area contributed by atoms with Crippen molar-refractivity contribution in [3.05, 3.63) is 77.9 Å². The zero-order valence-electron chi connectivity index (χ0n) is 23.7. The standard InChI is InChI=1S/C32H43N3O6/c1-2-18-35(27-10-3-4-11-27)21-28-20-29(24-16-14-23(22-36)15-17-24)41-32(40-28)25-8-7-9-26(19-25)33-30(37)12-5-6-13-31(38)34-39/h2,7-9,14-17,19,27-29,32,36,39H,1,3-6,10-13,18,20-22H2,(H,33,37)(H,34,38)/t28-,29+,32+/m1/s1. The Morgan fingerprint density at radius 1 is 1.00 bits per heavy atom. The van der Waals surface area contributed by atoms with Gasteiger partial charge >= 0.3 is 0 Å². The second-order valence-corrected chi connectivity index (χ2v) is 10.9. The molecule has 1 aliphatic carbocycles. The molecule has 0 radical (unpaired) electrons. The van der Waals surface area contributed by atoms with Crippen molar-refractivity contribution >= 4 is 17.5 Å². The average Bonchev–Trinajstić information content (AvgIpc) is 3.54. The summed E-state index contributed by atoms with van der Waals surface area (Å²) < 4.78 is 13.1. The molecule has 0 aromatic heterocycles. The minimum Gasteiger partial charge on any atom is -0.392 e. The lowest BCUT2D eigenvalue weighted by Gasteiger charge is -2.39. The Morgan fingerprint density at radius 2 is 1.73 bits per heavy atom. The summed E-state index contributed by atoms with van der Waals surface area (Å²) in [6, 6.07) is 15.9. The Bertz CT molecular complexity index is 1130. The molecule has 2 amide bonds. The van der Waals surface area contributed by atoms with E-state index in [1.165, 1.54) is 25.7 Å². The molecular formula is C32H43N3O6. The Kier molecular flexibility index (Phi) is 11.9. The second kappa shape index (κ2) is 15.8. The number of carbonyl (C=O) groups is 2. The smallest absolute Gasteiger partial charge is 0.243 e. The van der Waals surface area contributed by atoms with Crippen LogP contribution in [-0.4, -0.2) is 52.3 Å². The van der Waals surface area contributed by atoms with E-state index in [4.69, 9.17) is 14.7 Å². The maximum absolute atomic E-state index is 12.5. The minimum atomic E-state index is -0.612. The summed E-state index contributed by atoms with van der Waals surface area (Å²) in [4.78, 5) is 26.2. The van der Waals surface area contributed by atoms with Crippen LogP contribution in [0.2, 0.25) is 0 Å². The van der Waals surface area contributed by atoms with E-state index in [9.17, 15) is 14.7 Å². The molecule has 2 fully saturated rings. The van der Waals surface area contributed by atoms with Crippen LogP contribution in [-0.2, 0) is 25.7 Å². The van der Waals surface area contributed by atoms with Crippen LogP contribution in [0.3, 0.4) is 0 Å². The van der Waals surface area contributed by atoms with E-state index < -0.39 is 12.2 Å². The molecule has 9 nitrogen and oxygen atoms in total. The number of unbranched alkanes of at least 4 members (excludes halogenated alkanes) is 1. The number of anilines is 1. The Labute approximate surface area is 242 Å². The van der Waals surface area contributed by atoms with E-state index in [0.717, 1.165) is 29.8 Å². The topological polar surface area (TPSA) is 120 Å². The fraction of sp³-hybridized carbons (Fsp3) is 0.500. The highest BCUT2D eigenvalue weighted by molar-refractivity contribution is 5.90. The summed E-state index contributed by atoms with van der Waals surface area (Å²) in [6.45, 7) is 5.58. The maximum Gasteiger partial charge on any atom is 0.243 e. The van der Waals surface area contributed by atoms with Crippen molar-refractivity contribution in [2.24, 2.45) is 0 Å².